The molecule has 1 aliphatic heterocycles. The predicted octanol–water partition coefficient (Wildman–Crippen LogP) is 6.00. The second kappa shape index (κ2) is 10.5. The minimum absolute atomic E-state index is 0.237. The molecule has 0 unspecified atom stereocenters. The molecule has 1 aliphatic carbocycles. The SMILES string of the molecule is Cc1c2c(nn1C)COCCCCn1c(C(=O)O)c(CCCOc3cccc4c3CCC4)c3ccc(F)c-2c31. The Labute approximate surface area is 227 Å². The van der Waals surface area contributed by atoms with Crippen LogP contribution in [0.5, 0.6) is 5.75 Å². The summed E-state index contributed by atoms with van der Waals surface area (Å²) >= 11 is 0. The van der Waals surface area contributed by atoms with Crippen molar-refractivity contribution in [3.63, 3.8) is 0 Å². The van der Waals surface area contributed by atoms with Crippen LogP contribution < -0.4 is 4.74 Å². The van der Waals surface area contributed by atoms with Gasteiger partial charge in [-0.15, -0.1) is 0 Å². The first-order valence-electron chi connectivity index (χ1n) is 13.9. The molecule has 8 heteroatoms. The lowest BCUT2D eigenvalue weighted by molar-refractivity contribution is 0.0683. The lowest BCUT2D eigenvalue weighted by Crippen LogP contribution is -2.12. The average molecular weight is 532 g/mol. The molecule has 2 aromatic carbocycles. The lowest BCUT2D eigenvalue weighted by atomic mass is 9.97. The smallest absolute Gasteiger partial charge is 0.352 e. The van der Waals surface area contributed by atoms with Crippen LogP contribution >= 0.6 is 0 Å². The minimum Gasteiger partial charge on any atom is -0.493 e. The molecule has 204 valence electrons. The van der Waals surface area contributed by atoms with E-state index in [-0.39, 0.29) is 18.1 Å². The topological polar surface area (TPSA) is 78.5 Å². The first kappa shape index (κ1) is 25.6. The number of halogens is 1. The number of aromatic nitrogens is 3. The van der Waals surface area contributed by atoms with Crippen molar-refractivity contribution in [3.8, 4) is 16.9 Å². The summed E-state index contributed by atoms with van der Waals surface area (Å²) in [5.41, 5.74) is 6.83. The van der Waals surface area contributed by atoms with Gasteiger partial charge in [0, 0.05) is 42.4 Å². The van der Waals surface area contributed by atoms with Gasteiger partial charge in [-0.1, -0.05) is 12.1 Å². The van der Waals surface area contributed by atoms with Gasteiger partial charge < -0.3 is 19.1 Å². The van der Waals surface area contributed by atoms with Gasteiger partial charge in [-0.25, -0.2) is 9.18 Å². The van der Waals surface area contributed by atoms with Gasteiger partial charge in [0.05, 0.1) is 24.4 Å². The fourth-order valence-corrected chi connectivity index (χ4v) is 6.35. The van der Waals surface area contributed by atoms with Crippen LogP contribution in [0.4, 0.5) is 4.39 Å². The van der Waals surface area contributed by atoms with Crippen molar-refractivity contribution in [3.05, 3.63) is 69.9 Å². The Morgan fingerprint density at radius 3 is 2.87 bits per heavy atom. The van der Waals surface area contributed by atoms with Gasteiger partial charge in [-0.3, -0.25) is 4.68 Å². The molecular formula is C31H34FN3O4. The van der Waals surface area contributed by atoms with Crippen LogP contribution in [0.2, 0.25) is 0 Å². The van der Waals surface area contributed by atoms with Gasteiger partial charge in [0.1, 0.15) is 17.3 Å². The third-order valence-corrected chi connectivity index (χ3v) is 8.23. The van der Waals surface area contributed by atoms with E-state index in [0.29, 0.717) is 54.9 Å². The van der Waals surface area contributed by atoms with Crippen molar-refractivity contribution in [2.24, 2.45) is 7.05 Å². The van der Waals surface area contributed by atoms with Crippen LogP contribution in [0.1, 0.15) is 64.2 Å². The number of aromatic carboxylic acids is 1. The number of hydrogen-bond acceptors (Lipinski definition) is 4. The monoisotopic (exact) mass is 531 g/mol. The normalized spacial score (nSPS) is 15.2. The predicted molar refractivity (Wildman–Crippen MR) is 147 cm³/mol. The molecule has 4 aromatic rings. The van der Waals surface area contributed by atoms with Gasteiger partial charge in [0.15, 0.2) is 0 Å². The molecule has 6 rings (SSSR count). The molecule has 0 spiro atoms. The molecular weight excluding hydrogens is 497 g/mol. The van der Waals surface area contributed by atoms with Gasteiger partial charge in [0.25, 0.3) is 0 Å². The van der Waals surface area contributed by atoms with Crippen molar-refractivity contribution in [1.82, 2.24) is 14.3 Å². The quantitative estimate of drug-likeness (QED) is 0.309. The summed E-state index contributed by atoms with van der Waals surface area (Å²) in [6, 6.07) is 9.42. The maximum atomic E-state index is 15.7. The third-order valence-electron chi connectivity index (χ3n) is 8.23. The van der Waals surface area contributed by atoms with Crippen LogP contribution in [-0.4, -0.2) is 38.6 Å². The molecule has 0 fully saturated rings. The van der Waals surface area contributed by atoms with E-state index in [2.05, 4.69) is 11.2 Å². The van der Waals surface area contributed by atoms with E-state index >= 15 is 4.39 Å². The Hall–Kier alpha value is -3.65. The first-order valence-corrected chi connectivity index (χ1v) is 13.9. The Morgan fingerprint density at radius 1 is 1.15 bits per heavy atom. The molecule has 7 nitrogen and oxygen atoms in total. The maximum absolute atomic E-state index is 15.7. The van der Waals surface area contributed by atoms with Crippen LogP contribution in [0.15, 0.2) is 30.3 Å². The van der Waals surface area contributed by atoms with E-state index in [9.17, 15) is 9.90 Å². The molecule has 0 amide bonds. The zero-order valence-electron chi connectivity index (χ0n) is 22.6. The number of aryl methyl sites for hydroxylation is 4. The summed E-state index contributed by atoms with van der Waals surface area (Å²) in [5, 5.41) is 15.8. The summed E-state index contributed by atoms with van der Waals surface area (Å²) in [5.74, 6) is -0.447. The Kier molecular flexibility index (Phi) is 6.89. The van der Waals surface area contributed by atoms with Crippen molar-refractivity contribution in [1.29, 1.82) is 0 Å². The highest BCUT2D eigenvalue weighted by Crippen LogP contribution is 2.40. The fraction of sp³-hybridized carbons (Fsp3) is 0.419. The fourth-order valence-electron chi connectivity index (χ4n) is 6.35. The second-order valence-corrected chi connectivity index (χ2v) is 10.6. The Bertz CT molecular complexity index is 1570. The van der Waals surface area contributed by atoms with Gasteiger partial charge in [-0.2, -0.15) is 5.10 Å². The molecule has 0 bridgehead atoms. The number of carboxylic acids is 1. The highest BCUT2D eigenvalue weighted by Gasteiger charge is 2.29. The number of hydrogen-bond donors (Lipinski definition) is 1. The van der Waals surface area contributed by atoms with Gasteiger partial charge in [0.2, 0.25) is 0 Å². The summed E-state index contributed by atoms with van der Waals surface area (Å²) in [6.07, 6.45) is 5.96. The standard InChI is InChI=1S/C31H34FN3O4/c1-19-27-25(33-34(19)2)18-38-16-4-3-15-35-29-23(13-14-24(32)28(27)29)22(30(35)31(36)37)11-7-17-39-26-12-6-9-20-8-5-10-21(20)26/h6,9,12-14H,3-5,7-8,10-11,15-18H2,1-2H3,(H,36,37). The molecule has 0 saturated heterocycles. The van der Waals surface area contributed by atoms with Crippen LogP contribution in [0.3, 0.4) is 0 Å². The molecule has 1 N–H and O–H groups in total. The maximum Gasteiger partial charge on any atom is 0.352 e. The molecule has 0 radical (unpaired) electrons. The third kappa shape index (κ3) is 4.50. The molecule has 2 aromatic heterocycles. The first-order chi connectivity index (χ1) is 19.0. The zero-order chi connectivity index (χ0) is 27.1. The van der Waals surface area contributed by atoms with E-state index < -0.39 is 5.97 Å². The molecule has 39 heavy (non-hydrogen) atoms. The summed E-state index contributed by atoms with van der Waals surface area (Å²) in [4.78, 5) is 12.7. The van der Waals surface area contributed by atoms with Crippen LogP contribution in [-0.2, 0) is 44.2 Å². The number of nitrogens with zero attached hydrogens (tertiary/aromatic N) is 3. The molecule has 3 heterocycles. The number of rotatable bonds is 6. The molecule has 0 saturated carbocycles. The number of benzene rings is 2. The average Bonchev–Trinajstić information content (AvgIpc) is 3.59. The number of ether oxygens (including phenoxy) is 2. The number of carbonyl (C=O) groups is 1. The second-order valence-electron chi connectivity index (χ2n) is 10.6. The number of carboxylic acid groups (broad SMARTS) is 1. The minimum atomic E-state index is -0.997. The summed E-state index contributed by atoms with van der Waals surface area (Å²) in [7, 11) is 1.83. The van der Waals surface area contributed by atoms with Crippen molar-refractivity contribution in [2.45, 2.75) is 65.0 Å². The lowest BCUT2D eigenvalue weighted by Gasteiger charge is -2.13. The van der Waals surface area contributed by atoms with E-state index in [1.54, 1.807) is 10.7 Å². The van der Waals surface area contributed by atoms with E-state index in [1.807, 2.05) is 30.7 Å². The highest BCUT2D eigenvalue weighted by atomic mass is 19.1. The molecule has 2 aliphatic rings. The van der Waals surface area contributed by atoms with E-state index in [1.165, 1.54) is 17.2 Å². The largest absolute Gasteiger partial charge is 0.493 e. The van der Waals surface area contributed by atoms with Crippen molar-refractivity contribution >= 4 is 16.9 Å². The van der Waals surface area contributed by atoms with Gasteiger partial charge >= 0.3 is 5.97 Å². The summed E-state index contributed by atoms with van der Waals surface area (Å²) in [6.45, 7) is 3.69. The van der Waals surface area contributed by atoms with Gasteiger partial charge in [-0.05, 0) is 86.8 Å². The zero-order valence-corrected chi connectivity index (χ0v) is 22.6. The van der Waals surface area contributed by atoms with Crippen LogP contribution in [0.25, 0.3) is 22.0 Å². The summed E-state index contributed by atoms with van der Waals surface area (Å²) < 4.78 is 31.3. The highest BCUT2D eigenvalue weighted by molar-refractivity contribution is 6.04. The van der Waals surface area contributed by atoms with E-state index in [4.69, 9.17) is 9.47 Å². The number of fused-ring (bicyclic) bond motifs is 3. The van der Waals surface area contributed by atoms with Crippen molar-refractivity contribution in [2.75, 3.05) is 13.2 Å². The Balaban J connectivity index is 1.42. The van der Waals surface area contributed by atoms with E-state index in [0.717, 1.165) is 54.5 Å². The molecule has 0 atom stereocenters. The Morgan fingerprint density at radius 2 is 2.03 bits per heavy atom. The van der Waals surface area contributed by atoms with Crippen molar-refractivity contribution < 1.29 is 23.8 Å². The van der Waals surface area contributed by atoms with Crippen LogP contribution in [0, 0.1) is 12.7 Å².